The number of sulfonamides is 1. The van der Waals surface area contributed by atoms with Crippen molar-refractivity contribution < 1.29 is 22.3 Å². The predicted octanol–water partition coefficient (Wildman–Crippen LogP) is 3.31. The maximum atomic E-state index is 13.3. The standard InChI is InChI=1S/C21H23FN4O4S/c1-3-14(2)26-31(28,29)18-9-7-17(8-10-18)30-13-21(27)23-20-12-19(24-25-20)15-5-4-6-16(22)11-15/h4-12,14,26H,3,13H2,1-2H3,(H2,23,24,25,27)/t14-/m0/s1. The third kappa shape index (κ3) is 6.12. The van der Waals surface area contributed by atoms with E-state index in [-0.39, 0.29) is 29.2 Å². The summed E-state index contributed by atoms with van der Waals surface area (Å²) in [5.41, 5.74) is 1.15. The van der Waals surface area contributed by atoms with E-state index in [0.717, 1.165) is 0 Å². The van der Waals surface area contributed by atoms with Gasteiger partial charge in [0.2, 0.25) is 10.0 Å². The number of hydrogen-bond acceptors (Lipinski definition) is 5. The van der Waals surface area contributed by atoms with Crippen LogP contribution in [0.1, 0.15) is 20.3 Å². The van der Waals surface area contributed by atoms with Crippen LogP contribution in [-0.4, -0.2) is 37.2 Å². The highest BCUT2D eigenvalue weighted by Gasteiger charge is 2.16. The van der Waals surface area contributed by atoms with E-state index in [0.29, 0.717) is 23.4 Å². The smallest absolute Gasteiger partial charge is 0.263 e. The first-order valence-electron chi connectivity index (χ1n) is 9.63. The molecule has 0 fully saturated rings. The molecule has 1 atom stereocenters. The number of aromatic amines is 1. The minimum absolute atomic E-state index is 0.117. The number of hydrogen-bond donors (Lipinski definition) is 3. The van der Waals surface area contributed by atoms with Crippen LogP contribution in [-0.2, 0) is 14.8 Å². The van der Waals surface area contributed by atoms with Crippen molar-refractivity contribution in [2.45, 2.75) is 31.2 Å². The van der Waals surface area contributed by atoms with Crippen LogP contribution in [0.15, 0.2) is 59.5 Å². The number of nitrogens with one attached hydrogen (secondary N) is 3. The third-order valence-corrected chi connectivity index (χ3v) is 6.06. The van der Waals surface area contributed by atoms with Gasteiger partial charge in [0.15, 0.2) is 12.4 Å². The zero-order valence-electron chi connectivity index (χ0n) is 17.1. The van der Waals surface area contributed by atoms with Gasteiger partial charge in [-0.05, 0) is 49.7 Å². The molecule has 3 rings (SSSR count). The van der Waals surface area contributed by atoms with Crippen LogP contribution in [0.2, 0.25) is 0 Å². The number of halogens is 1. The number of rotatable bonds is 9. The van der Waals surface area contributed by atoms with Gasteiger partial charge in [-0.15, -0.1) is 0 Å². The average molecular weight is 447 g/mol. The van der Waals surface area contributed by atoms with E-state index in [4.69, 9.17) is 4.74 Å². The highest BCUT2D eigenvalue weighted by atomic mass is 32.2. The molecule has 31 heavy (non-hydrogen) atoms. The molecular weight excluding hydrogens is 423 g/mol. The molecule has 1 amide bonds. The Morgan fingerprint density at radius 3 is 2.61 bits per heavy atom. The maximum absolute atomic E-state index is 13.3. The van der Waals surface area contributed by atoms with Crippen molar-refractivity contribution in [1.82, 2.24) is 14.9 Å². The quantitative estimate of drug-likeness (QED) is 0.467. The number of anilines is 1. The molecule has 0 saturated heterocycles. The van der Waals surface area contributed by atoms with E-state index >= 15 is 0 Å². The summed E-state index contributed by atoms with van der Waals surface area (Å²) in [6.07, 6.45) is 0.676. The Bertz CT molecular complexity index is 1150. The number of benzene rings is 2. The van der Waals surface area contributed by atoms with Gasteiger partial charge < -0.3 is 10.1 Å². The number of ether oxygens (including phenoxy) is 1. The lowest BCUT2D eigenvalue weighted by molar-refractivity contribution is -0.118. The molecule has 0 aliphatic heterocycles. The summed E-state index contributed by atoms with van der Waals surface area (Å²) in [5, 5.41) is 9.28. The second-order valence-corrected chi connectivity index (χ2v) is 8.63. The van der Waals surface area contributed by atoms with Crippen LogP contribution in [0, 0.1) is 5.82 Å². The molecule has 2 aromatic carbocycles. The summed E-state index contributed by atoms with van der Waals surface area (Å²) in [7, 11) is -3.60. The second kappa shape index (κ2) is 9.71. The van der Waals surface area contributed by atoms with Crippen molar-refractivity contribution in [2.24, 2.45) is 0 Å². The molecular formula is C21H23FN4O4S. The van der Waals surface area contributed by atoms with Gasteiger partial charge in [0.1, 0.15) is 11.6 Å². The number of carbonyl (C=O) groups excluding carboxylic acids is 1. The van der Waals surface area contributed by atoms with Crippen LogP contribution in [0.4, 0.5) is 10.2 Å². The average Bonchev–Trinajstić information content (AvgIpc) is 3.20. The topological polar surface area (TPSA) is 113 Å². The van der Waals surface area contributed by atoms with E-state index in [2.05, 4.69) is 20.2 Å². The Morgan fingerprint density at radius 2 is 1.94 bits per heavy atom. The summed E-state index contributed by atoms with van der Waals surface area (Å²) in [6.45, 7) is 3.38. The van der Waals surface area contributed by atoms with Gasteiger partial charge in [0.05, 0.1) is 10.6 Å². The SMILES string of the molecule is CC[C@H](C)NS(=O)(=O)c1ccc(OCC(=O)Nc2cc(-c3cccc(F)c3)[nH]n2)cc1. The van der Waals surface area contributed by atoms with Gasteiger partial charge in [0.25, 0.3) is 5.91 Å². The third-order valence-electron chi connectivity index (χ3n) is 4.45. The van der Waals surface area contributed by atoms with Gasteiger partial charge in [-0.1, -0.05) is 19.1 Å². The van der Waals surface area contributed by atoms with Crippen LogP contribution >= 0.6 is 0 Å². The van der Waals surface area contributed by atoms with Crippen molar-refractivity contribution in [3.63, 3.8) is 0 Å². The highest BCUT2D eigenvalue weighted by molar-refractivity contribution is 7.89. The zero-order chi connectivity index (χ0) is 22.4. The van der Waals surface area contributed by atoms with Gasteiger partial charge >= 0.3 is 0 Å². The molecule has 0 unspecified atom stereocenters. The van der Waals surface area contributed by atoms with Crippen LogP contribution in [0.25, 0.3) is 11.3 Å². The summed E-state index contributed by atoms with van der Waals surface area (Å²) in [6, 6.07) is 13.2. The highest BCUT2D eigenvalue weighted by Crippen LogP contribution is 2.20. The van der Waals surface area contributed by atoms with E-state index in [1.54, 1.807) is 25.1 Å². The largest absolute Gasteiger partial charge is 0.484 e. The van der Waals surface area contributed by atoms with Crippen molar-refractivity contribution in [3.05, 3.63) is 60.4 Å². The molecule has 3 aromatic rings. The molecule has 8 nitrogen and oxygen atoms in total. The van der Waals surface area contributed by atoms with Gasteiger partial charge in [-0.25, -0.2) is 17.5 Å². The number of nitrogens with zero attached hydrogens (tertiary/aromatic N) is 1. The van der Waals surface area contributed by atoms with E-state index < -0.39 is 15.9 Å². The second-order valence-electron chi connectivity index (χ2n) is 6.92. The Labute approximate surface area is 179 Å². The zero-order valence-corrected chi connectivity index (χ0v) is 17.9. The lowest BCUT2D eigenvalue weighted by Crippen LogP contribution is -2.31. The molecule has 1 heterocycles. The van der Waals surface area contributed by atoms with Crippen LogP contribution < -0.4 is 14.8 Å². The number of H-pyrrole nitrogens is 1. The molecule has 0 radical (unpaired) electrons. The van der Waals surface area contributed by atoms with Crippen molar-refractivity contribution in [2.75, 3.05) is 11.9 Å². The fourth-order valence-corrected chi connectivity index (χ4v) is 3.98. The normalized spacial score (nSPS) is 12.4. The fraction of sp³-hybridized carbons (Fsp3) is 0.238. The van der Waals surface area contributed by atoms with Crippen molar-refractivity contribution in [3.8, 4) is 17.0 Å². The first-order valence-corrected chi connectivity index (χ1v) is 11.1. The molecule has 1 aromatic heterocycles. The molecule has 0 saturated carbocycles. The van der Waals surface area contributed by atoms with E-state index in [1.807, 2.05) is 6.92 Å². The molecule has 0 aliphatic carbocycles. The molecule has 0 spiro atoms. The summed E-state index contributed by atoms with van der Waals surface area (Å²) in [5.74, 6) is -0.210. The Morgan fingerprint density at radius 1 is 1.19 bits per heavy atom. The molecule has 0 aliphatic rings. The number of aromatic nitrogens is 2. The predicted molar refractivity (Wildman–Crippen MR) is 115 cm³/mol. The molecule has 3 N–H and O–H groups in total. The Hall–Kier alpha value is -3.24. The fourth-order valence-electron chi connectivity index (χ4n) is 2.65. The van der Waals surface area contributed by atoms with Crippen LogP contribution in [0.3, 0.4) is 0 Å². The minimum Gasteiger partial charge on any atom is -0.484 e. The summed E-state index contributed by atoms with van der Waals surface area (Å²) >= 11 is 0. The monoisotopic (exact) mass is 446 g/mol. The summed E-state index contributed by atoms with van der Waals surface area (Å²) in [4.78, 5) is 12.2. The first-order chi connectivity index (χ1) is 14.8. The number of amides is 1. The molecule has 10 heteroatoms. The maximum Gasteiger partial charge on any atom is 0.263 e. The van der Waals surface area contributed by atoms with Crippen LogP contribution in [0.5, 0.6) is 5.75 Å². The summed E-state index contributed by atoms with van der Waals surface area (Å²) < 4.78 is 45.8. The van der Waals surface area contributed by atoms with E-state index in [1.165, 1.54) is 36.4 Å². The lowest BCUT2D eigenvalue weighted by Gasteiger charge is -2.12. The van der Waals surface area contributed by atoms with Crippen molar-refractivity contribution in [1.29, 1.82) is 0 Å². The first kappa shape index (κ1) is 22.4. The van der Waals surface area contributed by atoms with Gasteiger partial charge in [0, 0.05) is 17.7 Å². The molecule has 0 bridgehead atoms. The Kier molecular flexibility index (Phi) is 7.03. The minimum atomic E-state index is -3.60. The molecule has 164 valence electrons. The van der Waals surface area contributed by atoms with Crippen molar-refractivity contribution >= 4 is 21.7 Å². The van der Waals surface area contributed by atoms with Gasteiger partial charge in [-0.3, -0.25) is 9.89 Å². The Balaban J connectivity index is 1.54. The van der Waals surface area contributed by atoms with Gasteiger partial charge in [-0.2, -0.15) is 5.10 Å². The lowest BCUT2D eigenvalue weighted by atomic mass is 10.1. The van der Waals surface area contributed by atoms with E-state index in [9.17, 15) is 17.6 Å². The number of carbonyl (C=O) groups is 1.